The van der Waals surface area contributed by atoms with Crippen molar-refractivity contribution in [3.8, 4) is 0 Å². The lowest BCUT2D eigenvalue weighted by atomic mass is 10.2. The summed E-state index contributed by atoms with van der Waals surface area (Å²) in [6.45, 7) is 1.78. The quantitative estimate of drug-likeness (QED) is 0.714. The minimum atomic E-state index is -3.76. The maximum Gasteiger partial charge on any atom is 0.242 e. The van der Waals surface area contributed by atoms with Crippen molar-refractivity contribution in [1.82, 2.24) is 14.0 Å². The van der Waals surface area contributed by atoms with E-state index in [1.807, 2.05) is 30.3 Å². The van der Waals surface area contributed by atoms with Crippen LogP contribution in [0.5, 0.6) is 0 Å². The average Bonchev–Trinajstić information content (AvgIpc) is 2.69. The third-order valence-electron chi connectivity index (χ3n) is 4.35. The number of piperazine rings is 1. The molecule has 1 fully saturated rings. The monoisotopic (exact) mass is 410 g/mol. The van der Waals surface area contributed by atoms with Crippen molar-refractivity contribution in [1.29, 1.82) is 0 Å². The Balaban J connectivity index is 1.52. The molecular formula is C17H22N4O4S2. The fourth-order valence-corrected chi connectivity index (χ4v) is 5.35. The van der Waals surface area contributed by atoms with Gasteiger partial charge in [-0.05, 0) is 24.3 Å². The van der Waals surface area contributed by atoms with E-state index in [9.17, 15) is 16.8 Å². The molecule has 0 spiro atoms. The Bertz CT molecular complexity index is 943. The maximum atomic E-state index is 12.5. The molecule has 1 aromatic carbocycles. The van der Waals surface area contributed by atoms with Gasteiger partial charge < -0.3 is 4.90 Å². The van der Waals surface area contributed by atoms with Gasteiger partial charge >= 0.3 is 0 Å². The Morgan fingerprint density at radius 2 is 1.63 bits per heavy atom. The van der Waals surface area contributed by atoms with Crippen molar-refractivity contribution in [3.63, 3.8) is 0 Å². The van der Waals surface area contributed by atoms with Gasteiger partial charge in [0.05, 0.1) is 5.75 Å². The van der Waals surface area contributed by atoms with E-state index in [4.69, 9.17) is 0 Å². The molecule has 1 aliphatic rings. The summed E-state index contributed by atoms with van der Waals surface area (Å²) in [5.41, 5.74) is 1.07. The molecule has 0 saturated carbocycles. The van der Waals surface area contributed by atoms with Gasteiger partial charge in [-0.3, -0.25) is 4.98 Å². The van der Waals surface area contributed by atoms with Gasteiger partial charge in [-0.2, -0.15) is 4.31 Å². The van der Waals surface area contributed by atoms with E-state index in [0.717, 1.165) is 5.69 Å². The van der Waals surface area contributed by atoms with E-state index in [1.54, 1.807) is 0 Å². The fourth-order valence-electron chi connectivity index (χ4n) is 2.89. The number of anilines is 1. The van der Waals surface area contributed by atoms with Gasteiger partial charge in [0.15, 0.2) is 0 Å². The van der Waals surface area contributed by atoms with Crippen LogP contribution in [-0.4, -0.2) is 64.6 Å². The molecule has 1 saturated heterocycles. The molecule has 8 nitrogen and oxygen atoms in total. The zero-order chi connectivity index (χ0) is 19.3. The first-order valence-electron chi connectivity index (χ1n) is 8.56. The molecule has 0 aliphatic carbocycles. The number of hydrogen-bond acceptors (Lipinski definition) is 6. The van der Waals surface area contributed by atoms with Gasteiger partial charge in [-0.25, -0.2) is 21.6 Å². The molecule has 0 atom stereocenters. The van der Waals surface area contributed by atoms with E-state index < -0.39 is 20.0 Å². The number of aromatic nitrogens is 1. The highest BCUT2D eigenvalue weighted by Crippen LogP contribution is 2.17. The van der Waals surface area contributed by atoms with Crippen LogP contribution < -0.4 is 9.62 Å². The van der Waals surface area contributed by atoms with Crippen LogP contribution in [0, 0.1) is 0 Å². The van der Waals surface area contributed by atoms with E-state index in [2.05, 4.69) is 14.6 Å². The van der Waals surface area contributed by atoms with E-state index in [-0.39, 0.29) is 17.2 Å². The second kappa shape index (κ2) is 8.34. The molecule has 27 heavy (non-hydrogen) atoms. The van der Waals surface area contributed by atoms with Gasteiger partial charge in [0, 0.05) is 50.8 Å². The summed E-state index contributed by atoms with van der Waals surface area (Å²) in [7, 11) is -7.29. The smallest absolute Gasteiger partial charge is 0.242 e. The molecule has 2 heterocycles. The predicted molar refractivity (Wildman–Crippen MR) is 103 cm³/mol. The third-order valence-corrected chi connectivity index (χ3v) is 7.67. The number of sulfonamides is 2. The number of para-hydroxylation sites is 1. The second-order valence-electron chi connectivity index (χ2n) is 6.12. The zero-order valence-corrected chi connectivity index (χ0v) is 16.4. The molecular weight excluding hydrogens is 388 g/mol. The SMILES string of the molecule is O=S(=O)(NCCS(=O)(=O)N1CCN(c2ccccc2)CC1)c1cccnc1. The number of rotatable bonds is 7. The van der Waals surface area contributed by atoms with Crippen molar-refractivity contribution in [2.75, 3.05) is 43.4 Å². The minimum Gasteiger partial charge on any atom is -0.369 e. The molecule has 146 valence electrons. The molecule has 1 N–H and O–H groups in total. The summed E-state index contributed by atoms with van der Waals surface area (Å²) < 4.78 is 53.0. The van der Waals surface area contributed by atoms with Crippen LogP contribution in [0.25, 0.3) is 0 Å². The summed E-state index contributed by atoms with van der Waals surface area (Å²) in [5, 5.41) is 0. The summed E-state index contributed by atoms with van der Waals surface area (Å²) in [5.74, 6) is -0.280. The molecule has 1 aromatic heterocycles. The molecule has 0 bridgehead atoms. The largest absolute Gasteiger partial charge is 0.369 e. The van der Waals surface area contributed by atoms with Crippen LogP contribution in [0.1, 0.15) is 0 Å². The first-order valence-corrected chi connectivity index (χ1v) is 11.7. The summed E-state index contributed by atoms with van der Waals surface area (Å²) >= 11 is 0. The third kappa shape index (κ3) is 5.04. The topological polar surface area (TPSA) is 99.7 Å². The van der Waals surface area contributed by atoms with Crippen LogP contribution in [0.4, 0.5) is 5.69 Å². The van der Waals surface area contributed by atoms with E-state index in [0.29, 0.717) is 26.2 Å². The lowest BCUT2D eigenvalue weighted by Gasteiger charge is -2.35. The fraction of sp³-hybridized carbons (Fsp3) is 0.353. The van der Waals surface area contributed by atoms with Gasteiger partial charge in [-0.15, -0.1) is 0 Å². The average molecular weight is 411 g/mol. The minimum absolute atomic E-state index is 0.0128. The number of benzene rings is 1. The summed E-state index contributed by atoms with van der Waals surface area (Å²) in [4.78, 5) is 5.91. The molecule has 0 radical (unpaired) electrons. The van der Waals surface area contributed by atoms with Crippen LogP contribution in [0.2, 0.25) is 0 Å². The van der Waals surface area contributed by atoms with Gasteiger partial charge in [0.1, 0.15) is 4.90 Å². The highest BCUT2D eigenvalue weighted by Gasteiger charge is 2.27. The van der Waals surface area contributed by atoms with Crippen molar-refractivity contribution < 1.29 is 16.8 Å². The lowest BCUT2D eigenvalue weighted by molar-refractivity contribution is 0.385. The van der Waals surface area contributed by atoms with Gasteiger partial charge in [-0.1, -0.05) is 18.2 Å². The van der Waals surface area contributed by atoms with Gasteiger partial charge in [0.2, 0.25) is 20.0 Å². The predicted octanol–water partition coefficient (Wildman–Crippen LogP) is 0.512. The Kier molecular flexibility index (Phi) is 6.10. The summed E-state index contributed by atoms with van der Waals surface area (Å²) in [6.07, 6.45) is 2.69. The van der Waals surface area contributed by atoms with Crippen LogP contribution in [-0.2, 0) is 20.0 Å². The van der Waals surface area contributed by atoms with Crippen molar-refractivity contribution in [3.05, 3.63) is 54.9 Å². The zero-order valence-electron chi connectivity index (χ0n) is 14.7. The Morgan fingerprint density at radius 1 is 0.926 bits per heavy atom. The van der Waals surface area contributed by atoms with E-state index in [1.165, 1.54) is 28.8 Å². The number of pyridine rings is 1. The Labute approximate surface area is 159 Å². The highest BCUT2D eigenvalue weighted by molar-refractivity contribution is 7.90. The Hall–Kier alpha value is -2.01. The van der Waals surface area contributed by atoms with Crippen molar-refractivity contribution in [2.45, 2.75) is 4.90 Å². The highest BCUT2D eigenvalue weighted by atomic mass is 32.2. The molecule has 1 aliphatic heterocycles. The normalized spacial score (nSPS) is 16.4. The summed E-state index contributed by atoms with van der Waals surface area (Å²) in [6, 6.07) is 12.8. The lowest BCUT2D eigenvalue weighted by Crippen LogP contribution is -2.50. The van der Waals surface area contributed by atoms with Crippen molar-refractivity contribution >= 4 is 25.7 Å². The molecule has 3 rings (SSSR count). The first-order chi connectivity index (χ1) is 12.9. The van der Waals surface area contributed by atoms with Crippen LogP contribution in [0.15, 0.2) is 59.8 Å². The Morgan fingerprint density at radius 3 is 2.26 bits per heavy atom. The molecule has 10 heteroatoms. The number of hydrogen-bond donors (Lipinski definition) is 1. The van der Waals surface area contributed by atoms with Crippen LogP contribution >= 0.6 is 0 Å². The van der Waals surface area contributed by atoms with E-state index >= 15 is 0 Å². The molecule has 2 aromatic rings. The van der Waals surface area contributed by atoms with Crippen LogP contribution in [0.3, 0.4) is 0 Å². The first kappa shape index (κ1) is 19.7. The molecule has 0 amide bonds. The van der Waals surface area contributed by atoms with Crippen molar-refractivity contribution in [2.24, 2.45) is 0 Å². The standard InChI is InChI=1S/C17H22N4O4S2/c22-26(23,14-9-19-27(24,25)17-7-4-8-18-15-17)21-12-10-20(11-13-21)16-5-2-1-3-6-16/h1-8,15,19H,9-14H2. The maximum absolute atomic E-state index is 12.5. The molecule has 0 unspecified atom stereocenters. The second-order valence-corrected chi connectivity index (χ2v) is 9.98. The van der Waals surface area contributed by atoms with Gasteiger partial charge in [0.25, 0.3) is 0 Å². The number of nitrogens with zero attached hydrogens (tertiary/aromatic N) is 3. The number of nitrogens with one attached hydrogen (secondary N) is 1.